The van der Waals surface area contributed by atoms with Crippen molar-refractivity contribution in [2.24, 2.45) is 0 Å². The fraction of sp³-hybridized carbons (Fsp3) is 0.200. The van der Waals surface area contributed by atoms with Crippen molar-refractivity contribution in [1.29, 1.82) is 0 Å². The predicted molar refractivity (Wildman–Crippen MR) is 110 cm³/mol. The first-order valence-corrected chi connectivity index (χ1v) is 10.2. The number of sulfonamides is 1. The summed E-state index contributed by atoms with van der Waals surface area (Å²) >= 11 is 0. The van der Waals surface area contributed by atoms with Crippen molar-refractivity contribution >= 4 is 33.7 Å². The van der Waals surface area contributed by atoms with E-state index in [0.29, 0.717) is 17.0 Å². The van der Waals surface area contributed by atoms with Gasteiger partial charge < -0.3 is 14.8 Å². The number of hydrogen-bond acceptors (Lipinski definition) is 6. The van der Waals surface area contributed by atoms with Crippen molar-refractivity contribution in [2.75, 3.05) is 19.0 Å². The number of ether oxygens (including phenoxy) is 2. The van der Waals surface area contributed by atoms with Crippen LogP contribution in [0.5, 0.6) is 5.75 Å². The molecule has 0 aliphatic carbocycles. The summed E-state index contributed by atoms with van der Waals surface area (Å²) in [5.41, 5.74) is 1.17. The summed E-state index contributed by atoms with van der Waals surface area (Å²) in [7, 11) is -2.36. The SMILES string of the molecule is COc1cccc(NC(=O)COC(=O)[C@H](C)NS(=O)(=O)/C=C/c2ccccc2)c1. The molecule has 0 aromatic heterocycles. The standard InChI is InChI=1S/C20H22N2O6S/c1-15(22-29(25,26)12-11-16-7-4-3-5-8-16)20(24)28-14-19(23)21-17-9-6-10-18(13-17)27-2/h3-13,15,22H,14H2,1-2H3,(H,21,23)/b12-11+/t15-/m0/s1. The molecule has 0 saturated carbocycles. The number of amides is 1. The first-order valence-electron chi connectivity index (χ1n) is 8.65. The van der Waals surface area contributed by atoms with Crippen LogP contribution in [0.3, 0.4) is 0 Å². The molecule has 0 fully saturated rings. The lowest BCUT2D eigenvalue weighted by Gasteiger charge is -2.12. The second kappa shape index (κ2) is 10.4. The molecule has 2 rings (SSSR count). The largest absolute Gasteiger partial charge is 0.497 e. The maximum absolute atomic E-state index is 12.1. The van der Waals surface area contributed by atoms with Gasteiger partial charge in [-0.05, 0) is 30.7 Å². The Morgan fingerprint density at radius 1 is 1.10 bits per heavy atom. The van der Waals surface area contributed by atoms with Gasteiger partial charge in [-0.3, -0.25) is 9.59 Å². The first kappa shape index (κ1) is 22.1. The van der Waals surface area contributed by atoms with E-state index in [1.807, 2.05) is 6.07 Å². The topological polar surface area (TPSA) is 111 Å². The highest BCUT2D eigenvalue weighted by molar-refractivity contribution is 7.92. The molecular weight excluding hydrogens is 396 g/mol. The number of carbonyl (C=O) groups is 2. The average molecular weight is 418 g/mol. The van der Waals surface area contributed by atoms with Crippen molar-refractivity contribution in [3.05, 3.63) is 65.6 Å². The molecule has 0 unspecified atom stereocenters. The number of hydrogen-bond donors (Lipinski definition) is 2. The van der Waals surface area contributed by atoms with Crippen molar-refractivity contribution in [1.82, 2.24) is 4.72 Å². The highest BCUT2D eigenvalue weighted by Gasteiger charge is 2.20. The molecule has 2 N–H and O–H groups in total. The third-order valence-corrected chi connectivity index (χ3v) is 4.81. The van der Waals surface area contributed by atoms with Crippen molar-refractivity contribution in [3.8, 4) is 5.75 Å². The Morgan fingerprint density at radius 3 is 2.52 bits per heavy atom. The second-order valence-corrected chi connectivity index (χ2v) is 7.58. The molecule has 0 heterocycles. The van der Waals surface area contributed by atoms with E-state index in [-0.39, 0.29) is 0 Å². The number of benzene rings is 2. The summed E-state index contributed by atoms with van der Waals surface area (Å²) in [5.74, 6) is -0.875. The molecule has 0 aliphatic rings. The van der Waals surface area contributed by atoms with Gasteiger partial charge in [-0.1, -0.05) is 36.4 Å². The van der Waals surface area contributed by atoms with E-state index in [4.69, 9.17) is 9.47 Å². The van der Waals surface area contributed by atoms with Gasteiger partial charge in [0.25, 0.3) is 5.91 Å². The predicted octanol–water partition coefficient (Wildman–Crippen LogP) is 2.16. The van der Waals surface area contributed by atoms with Crippen LogP contribution in [0.2, 0.25) is 0 Å². The molecule has 0 saturated heterocycles. The highest BCUT2D eigenvalue weighted by atomic mass is 32.2. The van der Waals surface area contributed by atoms with E-state index in [2.05, 4.69) is 10.0 Å². The van der Waals surface area contributed by atoms with Crippen LogP contribution >= 0.6 is 0 Å². The maximum Gasteiger partial charge on any atom is 0.324 e. The monoisotopic (exact) mass is 418 g/mol. The molecule has 154 valence electrons. The summed E-state index contributed by atoms with van der Waals surface area (Å²) in [6.07, 6.45) is 1.40. The third-order valence-electron chi connectivity index (χ3n) is 3.63. The van der Waals surface area contributed by atoms with Crippen LogP contribution in [-0.2, 0) is 24.3 Å². The number of anilines is 1. The Bertz CT molecular complexity index is 973. The van der Waals surface area contributed by atoms with Crippen LogP contribution in [-0.4, -0.2) is 40.1 Å². The van der Waals surface area contributed by atoms with Gasteiger partial charge in [0.05, 0.1) is 7.11 Å². The van der Waals surface area contributed by atoms with Gasteiger partial charge in [-0.25, -0.2) is 8.42 Å². The molecular formula is C20H22N2O6S. The van der Waals surface area contributed by atoms with Crippen LogP contribution in [0.25, 0.3) is 6.08 Å². The molecule has 2 aromatic carbocycles. The number of carbonyl (C=O) groups excluding carboxylic acids is 2. The van der Waals surface area contributed by atoms with Crippen LogP contribution in [0.15, 0.2) is 60.0 Å². The highest BCUT2D eigenvalue weighted by Crippen LogP contribution is 2.16. The maximum atomic E-state index is 12.1. The molecule has 9 heteroatoms. The van der Waals surface area contributed by atoms with Crippen molar-refractivity contribution in [2.45, 2.75) is 13.0 Å². The molecule has 1 atom stereocenters. The van der Waals surface area contributed by atoms with Gasteiger partial charge in [0, 0.05) is 17.2 Å². The van der Waals surface area contributed by atoms with E-state index < -0.39 is 34.5 Å². The molecule has 0 bridgehead atoms. The smallest absolute Gasteiger partial charge is 0.324 e. The molecule has 0 aliphatic heterocycles. The molecule has 1 amide bonds. The molecule has 2 aromatic rings. The fourth-order valence-electron chi connectivity index (χ4n) is 2.23. The van der Waals surface area contributed by atoms with Gasteiger partial charge in [0.1, 0.15) is 11.8 Å². The minimum Gasteiger partial charge on any atom is -0.497 e. The van der Waals surface area contributed by atoms with Crippen LogP contribution in [0.1, 0.15) is 12.5 Å². The molecule has 0 spiro atoms. The average Bonchev–Trinajstić information content (AvgIpc) is 2.71. The minimum absolute atomic E-state index is 0.477. The van der Waals surface area contributed by atoms with E-state index in [1.54, 1.807) is 48.5 Å². The van der Waals surface area contributed by atoms with Gasteiger partial charge in [0.2, 0.25) is 10.0 Å². The van der Waals surface area contributed by atoms with E-state index >= 15 is 0 Å². The number of methoxy groups -OCH3 is 1. The summed E-state index contributed by atoms with van der Waals surface area (Å²) in [6.45, 7) is 0.776. The molecule has 29 heavy (non-hydrogen) atoms. The lowest BCUT2D eigenvalue weighted by molar-refractivity contribution is -0.148. The first-order chi connectivity index (χ1) is 13.8. The third kappa shape index (κ3) is 7.76. The summed E-state index contributed by atoms with van der Waals surface area (Å²) < 4.78 is 36.2. The Labute approximate surface area is 169 Å². The lowest BCUT2D eigenvalue weighted by atomic mass is 10.2. The van der Waals surface area contributed by atoms with Crippen LogP contribution < -0.4 is 14.8 Å². The minimum atomic E-state index is -3.86. The van der Waals surface area contributed by atoms with Gasteiger partial charge >= 0.3 is 5.97 Å². The second-order valence-electron chi connectivity index (χ2n) is 5.99. The zero-order valence-electron chi connectivity index (χ0n) is 16.0. The summed E-state index contributed by atoms with van der Waals surface area (Å²) in [5, 5.41) is 3.51. The Balaban J connectivity index is 1.83. The zero-order valence-corrected chi connectivity index (χ0v) is 16.8. The Morgan fingerprint density at radius 2 is 1.83 bits per heavy atom. The van der Waals surface area contributed by atoms with E-state index in [0.717, 1.165) is 5.41 Å². The van der Waals surface area contributed by atoms with E-state index in [9.17, 15) is 18.0 Å². The summed E-state index contributed by atoms with van der Waals surface area (Å²) in [6, 6.07) is 14.3. The molecule has 8 nitrogen and oxygen atoms in total. The van der Waals surface area contributed by atoms with Gasteiger partial charge in [0.15, 0.2) is 6.61 Å². The quantitative estimate of drug-likeness (QED) is 0.604. The van der Waals surface area contributed by atoms with Crippen LogP contribution in [0, 0.1) is 0 Å². The van der Waals surface area contributed by atoms with E-state index in [1.165, 1.54) is 20.1 Å². The van der Waals surface area contributed by atoms with Crippen LogP contribution in [0.4, 0.5) is 5.69 Å². The van der Waals surface area contributed by atoms with Crippen molar-refractivity contribution in [3.63, 3.8) is 0 Å². The number of nitrogens with one attached hydrogen (secondary N) is 2. The lowest BCUT2D eigenvalue weighted by Crippen LogP contribution is -2.39. The fourth-order valence-corrected chi connectivity index (χ4v) is 3.23. The normalized spacial score (nSPS) is 12.3. The Hall–Kier alpha value is -3.17. The number of rotatable bonds is 9. The van der Waals surface area contributed by atoms with Crippen molar-refractivity contribution < 1.29 is 27.5 Å². The number of esters is 1. The Kier molecular flexibility index (Phi) is 7.93. The zero-order chi connectivity index (χ0) is 21.3. The molecule has 0 radical (unpaired) electrons. The van der Waals surface area contributed by atoms with Gasteiger partial charge in [-0.15, -0.1) is 0 Å². The summed E-state index contributed by atoms with van der Waals surface area (Å²) in [4.78, 5) is 23.9. The van der Waals surface area contributed by atoms with Gasteiger partial charge in [-0.2, -0.15) is 4.72 Å².